The van der Waals surface area contributed by atoms with Crippen LogP contribution in [0.1, 0.15) is 118 Å². The molecular formula is C38H71FLiO3PSi2. The first-order valence-electron chi connectivity index (χ1n) is 17.5. The van der Waals surface area contributed by atoms with E-state index in [2.05, 4.69) is 120 Å². The maximum absolute atomic E-state index is 14.9. The molecule has 3 heterocycles. The van der Waals surface area contributed by atoms with Crippen LogP contribution in [0, 0.1) is 0 Å². The van der Waals surface area contributed by atoms with Gasteiger partial charge in [-0.25, -0.2) is 0 Å². The molecule has 8 heteroatoms. The van der Waals surface area contributed by atoms with E-state index in [0.717, 1.165) is 39.6 Å². The summed E-state index contributed by atoms with van der Waals surface area (Å²) in [5, 5.41) is 1.25. The first-order valence-corrected chi connectivity index (χ1v) is 25.8. The van der Waals surface area contributed by atoms with E-state index in [-0.39, 0.29) is 35.1 Å². The number of ether oxygens (including phenoxy) is 3. The van der Waals surface area contributed by atoms with Gasteiger partial charge in [-0.3, -0.25) is 13.2 Å². The molecule has 1 unspecified atom stereocenters. The topological polar surface area (TPSA) is 27.7 Å². The summed E-state index contributed by atoms with van der Waals surface area (Å²) in [7, 11) is -4.59. The van der Waals surface area contributed by atoms with Crippen molar-refractivity contribution in [3.63, 3.8) is 0 Å². The third-order valence-corrected chi connectivity index (χ3v) is 22.3. The average molecular weight is 689 g/mol. The Bertz CT molecular complexity index is 1020. The van der Waals surface area contributed by atoms with Crippen molar-refractivity contribution in [3.05, 3.63) is 28.8 Å². The van der Waals surface area contributed by atoms with Crippen LogP contribution in [-0.2, 0) is 30.5 Å². The smallest absolute Gasteiger partial charge is 0.453 e. The zero-order chi connectivity index (χ0) is 34.7. The largest absolute Gasteiger partial charge is 1.00 e. The Morgan fingerprint density at radius 3 is 1.02 bits per heavy atom. The van der Waals surface area contributed by atoms with E-state index in [1.54, 1.807) is 0 Å². The van der Waals surface area contributed by atoms with Crippen LogP contribution in [0.25, 0.3) is 0 Å². The summed E-state index contributed by atoms with van der Waals surface area (Å²) < 4.78 is 31.3. The number of rotatable bonds is 3. The molecule has 3 aliphatic rings. The van der Waals surface area contributed by atoms with Gasteiger partial charge in [-0.2, -0.15) is 0 Å². The minimum Gasteiger partial charge on any atom is -0.453 e. The molecule has 0 bridgehead atoms. The van der Waals surface area contributed by atoms with Crippen LogP contribution in [0.3, 0.4) is 0 Å². The summed E-state index contributed by atoms with van der Waals surface area (Å²) in [6.45, 7) is 40.9. The molecule has 0 radical (unpaired) electrons. The zero-order valence-corrected chi connectivity index (χ0v) is 36.1. The van der Waals surface area contributed by atoms with Crippen LogP contribution >= 0.6 is 7.17 Å². The van der Waals surface area contributed by atoms with Gasteiger partial charge in [0.2, 0.25) is 0 Å². The predicted molar refractivity (Wildman–Crippen MR) is 207 cm³/mol. The molecular weight excluding hydrogens is 618 g/mol. The molecule has 0 spiro atoms. The fourth-order valence-corrected chi connectivity index (χ4v) is 22.9. The minimum absolute atomic E-state index is 0. The van der Waals surface area contributed by atoms with Crippen LogP contribution in [0.15, 0.2) is 12.1 Å². The van der Waals surface area contributed by atoms with Crippen molar-refractivity contribution in [3.8, 4) is 0 Å². The summed E-state index contributed by atoms with van der Waals surface area (Å²) in [5.41, 5.74) is 3.90. The maximum atomic E-state index is 14.9. The first kappa shape index (κ1) is 46.1. The SMILES string of the molecule is C1CCOC1.C1CCOC1.C1CCOC1.CC(C)(C)c1cc(C(C)(C)C)c(P(=[C-]F)=C([Si](C)(C)C)[Si](C)(C)C)c(C(C)(C)C)c1.[Li+]. The van der Waals surface area contributed by atoms with E-state index in [0.29, 0.717) is 0 Å². The predicted octanol–water partition coefficient (Wildman–Crippen LogP) is 7.61. The molecule has 1 atom stereocenters. The Kier molecular flexibility index (Phi) is 20.1. The molecule has 3 saturated heterocycles. The van der Waals surface area contributed by atoms with Crippen molar-refractivity contribution in [2.75, 3.05) is 39.6 Å². The Balaban J connectivity index is 0.00000101. The van der Waals surface area contributed by atoms with Crippen LogP contribution < -0.4 is 24.2 Å². The van der Waals surface area contributed by atoms with Crippen LogP contribution in [0.2, 0.25) is 39.3 Å². The summed E-state index contributed by atoms with van der Waals surface area (Å²) >= 11 is 0. The molecule has 0 aliphatic carbocycles. The van der Waals surface area contributed by atoms with Gasteiger partial charge in [-0.1, -0.05) is 118 Å². The van der Waals surface area contributed by atoms with Crippen molar-refractivity contribution >= 4 is 39.2 Å². The van der Waals surface area contributed by atoms with Crippen molar-refractivity contribution < 1.29 is 37.5 Å². The molecule has 1 aromatic rings. The third kappa shape index (κ3) is 16.2. The minimum atomic E-state index is -1.70. The molecule has 3 aliphatic heterocycles. The van der Waals surface area contributed by atoms with Gasteiger partial charge >= 0.3 is 18.9 Å². The van der Waals surface area contributed by atoms with E-state index < -0.39 is 23.3 Å². The number of halogens is 1. The Hall–Kier alpha value is 0.101. The van der Waals surface area contributed by atoms with Gasteiger partial charge in [0.1, 0.15) is 0 Å². The molecule has 1 aromatic carbocycles. The van der Waals surface area contributed by atoms with Gasteiger partial charge in [0.15, 0.2) is 0 Å². The van der Waals surface area contributed by atoms with E-state index in [1.807, 2.05) is 0 Å². The van der Waals surface area contributed by atoms with Gasteiger partial charge in [-0.05, 0) is 76.8 Å². The molecule has 46 heavy (non-hydrogen) atoms. The van der Waals surface area contributed by atoms with Gasteiger partial charge in [0, 0.05) is 39.6 Å². The van der Waals surface area contributed by atoms with E-state index in [4.69, 9.17) is 14.2 Å². The molecule has 4 rings (SSSR count). The van der Waals surface area contributed by atoms with Gasteiger partial charge in [-0.15, -0.1) is 0 Å². The standard InChI is InChI=1S/C26H47FPSi2.3C4H8O.Li/c1-24(2,3)19-16-20(25(4,5)6)22(21(17-19)26(7,8)9)28(18-27)23(29(10,11)12)30(13,14)15;3*1-2-4-5-3-1;/h16-17H,1-15H3;3*1-4H2;/q-1;;;;+1. The fourth-order valence-electron chi connectivity index (χ4n) is 5.97. The summed E-state index contributed by atoms with van der Waals surface area (Å²) in [5.74, 6) is 0. The first-order chi connectivity index (χ1) is 20.5. The molecule has 262 valence electrons. The van der Waals surface area contributed by atoms with Crippen LogP contribution in [-0.4, -0.2) is 66.4 Å². The molecule has 0 amide bonds. The molecule has 0 aromatic heterocycles. The third-order valence-electron chi connectivity index (χ3n) is 8.03. The second kappa shape index (κ2) is 20.1. The van der Waals surface area contributed by atoms with E-state index in [1.165, 1.54) is 65.1 Å². The van der Waals surface area contributed by atoms with Crippen LogP contribution in [0.5, 0.6) is 0 Å². The Morgan fingerprint density at radius 1 is 0.587 bits per heavy atom. The molecule has 0 saturated carbocycles. The average Bonchev–Trinajstić information content (AvgIpc) is 3.71. The van der Waals surface area contributed by atoms with Crippen molar-refractivity contribution in [2.45, 2.75) is 156 Å². The number of benzene rings is 1. The monoisotopic (exact) mass is 688 g/mol. The van der Waals surface area contributed by atoms with E-state index in [9.17, 15) is 4.39 Å². The fraction of sp³-hybridized carbons (Fsp3) is 0.789. The van der Waals surface area contributed by atoms with Crippen LogP contribution in [0.4, 0.5) is 4.39 Å². The second-order valence-corrected chi connectivity index (χ2v) is 31.0. The van der Waals surface area contributed by atoms with Gasteiger partial charge < -0.3 is 18.6 Å². The molecule has 3 nitrogen and oxygen atoms in total. The molecule has 3 fully saturated rings. The molecule has 0 N–H and O–H groups in total. The van der Waals surface area contributed by atoms with Gasteiger partial charge in [0.05, 0.1) is 16.1 Å². The van der Waals surface area contributed by atoms with Gasteiger partial charge in [0.25, 0.3) is 0 Å². The van der Waals surface area contributed by atoms with Crippen molar-refractivity contribution in [1.82, 2.24) is 0 Å². The second-order valence-electron chi connectivity index (χ2n) is 17.9. The van der Waals surface area contributed by atoms with Crippen molar-refractivity contribution in [1.29, 1.82) is 0 Å². The Labute approximate surface area is 300 Å². The Morgan fingerprint density at radius 2 is 0.870 bits per heavy atom. The zero-order valence-electron chi connectivity index (χ0n) is 33.2. The maximum Gasteiger partial charge on any atom is 1.00 e. The quantitative estimate of drug-likeness (QED) is 0.186. The van der Waals surface area contributed by atoms with E-state index >= 15 is 0 Å². The normalized spacial score (nSPS) is 17.5. The summed E-state index contributed by atoms with van der Waals surface area (Å²) in [4.78, 5) is 0. The van der Waals surface area contributed by atoms with Crippen molar-refractivity contribution in [2.24, 2.45) is 0 Å². The summed E-state index contributed by atoms with van der Waals surface area (Å²) in [6.07, 6.45) is 7.67. The number of hydrogen-bond acceptors (Lipinski definition) is 3. The number of hydrogen-bond donors (Lipinski definition) is 0. The summed E-state index contributed by atoms with van der Waals surface area (Å²) in [6, 6.07) is 7.17.